The van der Waals surface area contributed by atoms with Gasteiger partial charge in [-0.3, -0.25) is 9.36 Å². The third-order valence-electron chi connectivity index (χ3n) is 10.7. The highest BCUT2D eigenvalue weighted by Crippen LogP contribution is 2.38. The van der Waals surface area contributed by atoms with E-state index in [1.165, 1.54) is 135 Å². The third kappa shape index (κ3) is 44.3. The van der Waals surface area contributed by atoms with Crippen molar-refractivity contribution >= 4 is 13.7 Å². The van der Waals surface area contributed by atoms with Crippen LogP contribution in [0.25, 0.3) is 0 Å². The van der Waals surface area contributed by atoms with Gasteiger partial charge in [-0.05, 0) is 70.6 Å². The lowest BCUT2D eigenvalue weighted by atomic mass is 10.0. The summed E-state index contributed by atoms with van der Waals surface area (Å²) in [6, 6.07) is -0.906. The number of unbranched alkanes of at least 4 members (excludes halogenated alkanes) is 23. The summed E-state index contributed by atoms with van der Waals surface area (Å²) >= 11 is 0. The Kier molecular flexibility index (Phi) is 41.2. The Morgan fingerprint density at radius 3 is 1.47 bits per heavy atom. The van der Waals surface area contributed by atoms with Gasteiger partial charge in [0.2, 0.25) is 5.91 Å². The maximum Gasteiger partial charge on any atom is 0.268 e. The van der Waals surface area contributed by atoms with Gasteiger partial charge in [-0.2, -0.15) is 0 Å². The van der Waals surface area contributed by atoms with E-state index in [9.17, 15) is 19.4 Å². The quantitative estimate of drug-likeness (QED) is 0.0273. The van der Waals surface area contributed by atoms with Crippen LogP contribution in [0.5, 0.6) is 0 Å². The van der Waals surface area contributed by atoms with E-state index in [0.29, 0.717) is 17.4 Å². The van der Waals surface area contributed by atoms with Gasteiger partial charge in [0.25, 0.3) is 7.82 Å². The van der Waals surface area contributed by atoms with Crippen molar-refractivity contribution in [3.05, 3.63) is 60.8 Å². The number of nitrogens with one attached hydrogen (secondary N) is 1. The van der Waals surface area contributed by atoms with Gasteiger partial charge in [0.15, 0.2) is 0 Å². The lowest BCUT2D eigenvalue weighted by Crippen LogP contribution is -2.45. The van der Waals surface area contributed by atoms with Crippen LogP contribution in [0, 0.1) is 0 Å². The maximum atomic E-state index is 12.9. The lowest BCUT2D eigenvalue weighted by molar-refractivity contribution is -0.870. The Morgan fingerprint density at radius 1 is 0.583 bits per heavy atom. The Morgan fingerprint density at radius 2 is 0.983 bits per heavy atom. The van der Waals surface area contributed by atoms with E-state index in [4.69, 9.17) is 9.05 Å². The van der Waals surface area contributed by atoms with Crippen molar-refractivity contribution < 1.29 is 32.9 Å². The zero-order valence-electron chi connectivity index (χ0n) is 39.6. The number of hydrogen-bond acceptors (Lipinski definition) is 6. The number of carbonyl (C=O) groups excluding carboxylic acids is 1. The number of quaternary nitrogens is 1. The van der Waals surface area contributed by atoms with Crippen LogP contribution in [0.4, 0.5) is 0 Å². The molecule has 1 amide bonds. The number of aliphatic hydroxyl groups excluding tert-OH is 1. The molecule has 0 bridgehead atoms. The van der Waals surface area contributed by atoms with Crippen molar-refractivity contribution in [2.45, 2.75) is 219 Å². The summed E-state index contributed by atoms with van der Waals surface area (Å²) in [5.41, 5.74) is 0. The summed E-state index contributed by atoms with van der Waals surface area (Å²) in [5.74, 6) is -0.214. The molecule has 3 atom stereocenters. The third-order valence-corrected chi connectivity index (χ3v) is 11.7. The van der Waals surface area contributed by atoms with E-state index in [-0.39, 0.29) is 12.5 Å². The van der Waals surface area contributed by atoms with E-state index in [0.717, 1.165) is 51.4 Å². The Bertz CT molecular complexity index is 1160. The molecule has 0 rings (SSSR count). The molecule has 0 aliphatic carbocycles. The molecule has 0 radical (unpaired) electrons. The molecule has 0 fully saturated rings. The monoisotopic (exact) mass is 863 g/mol. The second kappa shape index (κ2) is 42.5. The van der Waals surface area contributed by atoms with Crippen LogP contribution in [0.15, 0.2) is 60.8 Å². The van der Waals surface area contributed by atoms with Gasteiger partial charge in [0.05, 0.1) is 39.9 Å². The van der Waals surface area contributed by atoms with Crippen LogP contribution in [-0.4, -0.2) is 68.5 Å². The Balaban J connectivity index is 4.29. The molecule has 2 N–H and O–H groups in total. The molecule has 0 aromatic carbocycles. The van der Waals surface area contributed by atoms with Crippen LogP contribution in [0.1, 0.15) is 206 Å². The predicted octanol–water partition coefficient (Wildman–Crippen LogP) is 13.6. The molecule has 60 heavy (non-hydrogen) atoms. The van der Waals surface area contributed by atoms with Gasteiger partial charge < -0.3 is 28.8 Å². The number of allylic oxidation sites excluding steroid dienone is 9. The topological polar surface area (TPSA) is 108 Å². The van der Waals surface area contributed by atoms with Crippen molar-refractivity contribution in [1.82, 2.24) is 5.32 Å². The summed E-state index contributed by atoms with van der Waals surface area (Å²) < 4.78 is 23.2. The average Bonchev–Trinajstić information content (AvgIpc) is 3.20. The molecular formula is C51H95N2O6P. The SMILES string of the molecule is CCCCCCC/C=C\C/C=C\C/C=C\CCCCCCCCCCCCC(=O)NC(COP(=O)([O-])OCC[N+](C)(C)C)C(O)/C=C/CC/C=C/CCCCCCCCC. The lowest BCUT2D eigenvalue weighted by Gasteiger charge is -2.29. The van der Waals surface area contributed by atoms with Crippen molar-refractivity contribution in [2.24, 2.45) is 0 Å². The number of rotatable bonds is 44. The van der Waals surface area contributed by atoms with E-state index < -0.39 is 26.6 Å². The second-order valence-corrected chi connectivity index (χ2v) is 19.2. The van der Waals surface area contributed by atoms with Crippen molar-refractivity contribution in [3.63, 3.8) is 0 Å². The summed E-state index contributed by atoms with van der Waals surface area (Å²) in [5, 5.41) is 13.8. The van der Waals surface area contributed by atoms with Crippen LogP contribution in [0.2, 0.25) is 0 Å². The number of phosphoric acid groups is 1. The number of carbonyl (C=O) groups is 1. The number of hydrogen-bond donors (Lipinski definition) is 2. The molecule has 0 aliphatic heterocycles. The molecule has 0 spiro atoms. The summed E-state index contributed by atoms with van der Waals surface area (Å²) in [7, 11) is 1.23. The van der Waals surface area contributed by atoms with Crippen LogP contribution in [-0.2, 0) is 18.4 Å². The molecule has 8 nitrogen and oxygen atoms in total. The summed E-state index contributed by atoms with van der Waals surface area (Å²) in [6.07, 6.45) is 55.6. The zero-order chi connectivity index (χ0) is 44.3. The minimum absolute atomic E-state index is 0.00930. The van der Waals surface area contributed by atoms with Crippen LogP contribution < -0.4 is 10.2 Å². The second-order valence-electron chi connectivity index (χ2n) is 17.8. The largest absolute Gasteiger partial charge is 0.756 e. The molecule has 0 aliphatic rings. The molecule has 350 valence electrons. The first-order chi connectivity index (χ1) is 29.0. The first-order valence-corrected chi connectivity index (χ1v) is 26.1. The minimum atomic E-state index is -4.60. The standard InChI is InChI=1S/C51H95N2O6P/c1-6-8-10-12-14-16-18-20-21-22-23-24-25-26-27-28-29-30-31-33-35-37-39-41-43-45-51(55)52-49(48-59-60(56,57)58-47-46-53(3,4)5)50(54)44-42-40-38-36-34-32-19-17-15-13-11-9-7-2/h18,20,22-23,25-26,34,36,42,44,49-50,54H,6-17,19,21,24,27-33,35,37-41,43,45-48H2,1-5H3,(H-,52,55,56,57)/b20-18-,23-22-,26-25-,36-34+,44-42+. The molecule has 0 saturated carbocycles. The van der Waals surface area contributed by atoms with Gasteiger partial charge in [-0.15, -0.1) is 0 Å². The van der Waals surface area contributed by atoms with Crippen LogP contribution >= 0.6 is 7.82 Å². The fourth-order valence-electron chi connectivity index (χ4n) is 6.76. The number of nitrogens with zero attached hydrogens (tertiary/aromatic N) is 1. The fraction of sp³-hybridized carbons (Fsp3) is 0.784. The molecule has 0 aromatic rings. The summed E-state index contributed by atoms with van der Waals surface area (Å²) in [4.78, 5) is 25.3. The highest BCUT2D eigenvalue weighted by molar-refractivity contribution is 7.45. The van der Waals surface area contributed by atoms with Gasteiger partial charge in [-0.25, -0.2) is 0 Å². The van der Waals surface area contributed by atoms with Crippen LogP contribution in [0.3, 0.4) is 0 Å². The highest BCUT2D eigenvalue weighted by atomic mass is 31.2. The maximum absolute atomic E-state index is 12.9. The van der Waals surface area contributed by atoms with Crippen molar-refractivity contribution in [3.8, 4) is 0 Å². The van der Waals surface area contributed by atoms with Crippen molar-refractivity contribution in [1.29, 1.82) is 0 Å². The normalized spacial score (nSPS) is 14.7. The van der Waals surface area contributed by atoms with Gasteiger partial charge in [-0.1, -0.05) is 190 Å². The van der Waals surface area contributed by atoms with Gasteiger partial charge >= 0.3 is 0 Å². The fourth-order valence-corrected chi connectivity index (χ4v) is 7.49. The van der Waals surface area contributed by atoms with Gasteiger partial charge in [0, 0.05) is 6.42 Å². The predicted molar refractivity (Wildman–Crippen MR) is 256 cm³/mol. The number of amides is 1. The Hall–Kier alpha value is -1.80. The van der Waals surface area contributed by atoms with E-state index >= 15 is 0 Å². The van der Waals surface area contributed by atoms with E-state index in [2.05, 4.69) is 67.8 Å². The smallest absolute Gasteiger partial charge is 0.268 e. The summed E-state index contributed by atoms with van der Waals surface area (Å²) in [6.45, 7) is 4.59. The van der Waals surface area contributed by atoms with Gasteiger partial charge in [0.1, 0.15) is 13.2 Å². The number of aliphatic hydroxyl groups is 1. The zero-order valence-corrected chi connectivity index (χ0v) is 40.5. The first kappa shape index (κ1) is 58.2. The highest BCUT2D eigenvalue weighted by Gasteiger charge is 2.23. The molecular weight excluding hydrogens is 768 g/mol. The van der Waals surface area contributed by atoms with E-state index in [1.807, 2.05) is 27.2 Å². The molecule has 0 saturated heterocycles. The molecule has 0 heterocycles. The molecule has 0 aromatic heterocycles. The van der Waals surface area contributed by atoms with E-state index in [1.54, 1.807) is 6.08 Å². The number of likely N-dealkylation sites (N-methyl/N-ethyl adjacent to an activating group) is 1. The first-order valence-electron chi connectivity index (χ1n) is 24.7. The minimum Gasteiger partial charge on any atom is -0.756 e. The van der Waals surface area contributed by atoms with Crippen molar-refractivity contribution in [2.75, 3.05) is 40.9 Å². The molecule has 9 heteroatoms. The molecule has 3 unspecified atom stereocenters. The Labute approximate surface area is 371 Å². The average molecular weight is 863 g/mol. The number of phosphoric ester groups is 1.